The van der Waals surface area contributed by atoms with Gasteiger partial charge in [-0.1, -0.05) is 67.9 Å². The van der Waals surface area contributed by atoms with Gasteiger partial charge in [-0.05, 0) is 43.0 Å². The highest BCUT2D eigenvalue weighted by Gasteiger charge is 2.20. The molecule has 3 rings (SSSR count). The van der Waals surface area contributed by atoms with Gasteiger partial charge in [-0.15, -0.1) is 0 Å². The van der Waals surface area contributed by atoms with Crippen molar-refractivity contribution in [2.24, 2.45) is 5.92 Å². The Morgan fingerprint density at radius 3 is 2.41 bits per heavy atom. The summed E-state index contributed by atoms with van der Waals surface area (Å²) in [4.78, 5) is 12.8. The molecular weight excluding hydrogens is 356 g/mol. The standard InChI is InChI=1S/C23H25ClN2O/c1-16(2)13-14-25-23(27)19-15-22(18-9-5-4-6-10-18)26(17(19)3)21-12-8-7-11-20(21)24/h4-12,15-16H,13-14H2,1-3H3,(H,25,27). The number of amides is 1. The average Bonchev–Trinajstić information content (AvgIpc) is 3.00. The van der Waals surface area contributed by atoms with E-state index in [1.54, 1.807) is 0 Å². The summed E-state index contributed by atoms with van der Waals surface area (Å²) in [5, 5.41) is 3.70. The Kier molecular flexibility index (Phi) is 6.02. The molecule has 0 spiro atoms. The van der Waals surface area contributed by atoms with Gasteiger partial charge < -0.3 is 9.88 Å². The van der Waals surface area contributed by atoms with Gasteiger partial charge in [0.2, 0.25) is 0 Å². The molecule has 0 saturated heterocycles. The second-order valence-corrected chi connectivity index (χ2v) is 7.53. The van der Waals surface area contributed by atoms with Gasteiger partial charge in [0.1, 0.15) is 0 Å². The Balaban J connectivity index is 2.07. The van der Waals surface area contributed by atoms with Gasteiger partial charge in [-0.2, -0.15) is 0 Å². The molecule has 4 heteroatoms. The Hall–Kier alpha value is -2.52. The number of carbonyl (C=O) groups is 1. The predicted octanol–water partition coefficient (Wildman–Crippen LogP) is 5.88. The number of benzene rings is 2. The molecule has 2 aromatic carbocycles. The smallest absolute Gasteiger partial charge is 0.253 e. The molecule has 0 radical (unpaired) electrons. The number of hydrogen-bond acceptors (Lipinski definition) is 1. The summed E-state index contributed by atoms with van der Waals surface area (Å²) in [6.45, 7) is 6.94. The van der Waals surface area contributed by atoms with Crippen molar-refractivity contribution < 1.29 is 4.79 Å². The van der Waals surface area contributed by atoms with Crippen LogP contribution in [0.4, 0.5) is 0 Å². The van der Waals surface area contributed by atoms with Crippen molar-refractivity contribution in [3.8, 4) is 16.9 Å². The minimum atomic E-state index is -0.0452. The Bertz CT molecular complexity index is 929. The molecule has 0 atom stereocenters. The normalized spacial score (nSPS) is 11.0. The molecule has 0 aliphatic heterocycles. The van der Waals surface area contributed by atoms with Crippen LogP contribution in [0.25, 0.3) is 16.9 Å². The second-order valence-electron chi connectivity index (χ2n) is 7.12. The number of nitrogens with one attached hydrogen (secondary N) is 1. The number of carbonyl (C=O) groups excluding carboxylic acids is 1. The first-order valence-corrected chi connectivity index (χ1v) is 9.67. The van der Waals surface area contributed by atoms with Crippen molar-refractivity contribution in [1.29, 1.82) is 0 Å². The Labute approximate surface area is 166 Å². The molecule has 3 aromatic rings. The summed E-state index contributed by atoms with van der Waals surface area (Å²) >= 11 is 6.48. The SMILES string of the molecule is Cc1c(C(=O)NCCC(C)C)cc(-c2ccccc2)n1-c1ccccc1Cl. The first-order valence-electron chi connectivity index (χ1n) is 9.30. The lowest BCUT2D eigenvalue weighted by Crippen LogP contribution is -2.25. The van der Waals surface area contributed by atoms with Gasteiger partial charge in [-0.25, -0.2) is 0 Å². The second kappa shape index (κ2) is 8.45. The molecule has 140 valence electrons. The van der Waals surface area contributed by atoms with Crippen molar-refractivity contribution in [3.63, 3.8) is 0 Å². The topological polar surface area (TPSA) is 34.0 Å². The molecule has 1 aromatic heterocycles. The quantitative estimate of drug-likeness (QED) is 0.569. The highest BCUT2D eigenvalue weighted by Crippen LogP contribution is 2.32. The first-order chi connectivity index (χ1) is 13.0. The maximum Gasteiger partial charge on any atom is 0.253 e. The van der Waals surface area contributed by atoms with Crippen LogP contribution in [-0.4, -0.2) is 17.0 Å². The summed E-state index contributed by atoms with van der Waals surface area (Å²) in [6.07, 6.45) is 0.960. The zero-order valence-corrected chi connectivity index (χ0v) is 16.8. The van der Waals surface area contributed by atoms with E-state index in [9.17, 15) is 4.79 Å². The summed E-state index contributed by atoms with van der Waals surface area (Å²) in [6, 6.07) is 19.7. The van der Waals surface area contributed by atoms with Gasteiger partial charge in [0.25, 0.3) is 5.91 Å². The average molecular weight is 381 g/mol. The van der Waals surface area contributed by atoms with Gasteiger partial charge in [-0.3, -0.25) is 4.79 Å². The summed E-state index contributed by atoms with van der Waals surface area (Å²) in [5.41, 5.74) is 4.43. The van der Waals surface area contributed by atoms with Crippen molar-refractivity contribution in [2.45, 2.75) is 27.2 Å². The van der Waals surface area contributed by atoms with Crippen molar-refractivity contribution in [1.82, 2.24) is 9.88 Å². The fraction of sp³-hybridized carbons (Fsp3) is 0.261. The first kappa shape index (κ1) is 19.2. The largest absolute Gasteiger partial charge is 0.352 e. The summed E-state index contributed by atoms with van der Waals surface area (Å²) in [7, 11) is 0. The van der Waals surface area contributed by atoms with Crippen LogP contribution < -0.4 is 5.32 Å². The van der Waals surface area contributed by atoms with Crippen LogP contribution in [0.1, 0.15) is 36.3 Å². The molecule has 0 aliphatic rings. The van der Waals surface area contributed by atoms with E-state index in [-0.39, 0.29) is 5.91 Å². The third-order valence-corrected chi connectivity index (χ3v) is 4.98. The van der Waals surface area contributed by atoms with Crippen molar-refractivity contribution >= 4 is 17.5 Å². The number of halogens is 1. The zero-order chi connectivity index (χ0) is 19.4. The monoisotopic (exact) mass is 380 g/mol. The fourth-order valence-electron chi connectivity index (χ4n) is 3.17. The van der Waals surface area contributed by atoms with E-state index in [4.69, 9.17) is 11.6 Å². The Morgan fingerprint density at radius 1 is 1.07 bits per heavy atom. The van der Waals surface area contributed by atoms with E-state index in [0.717, 1.165) is 29.1 Å². The zero-order valence-electron chi connectivity index (χ0n) is 16.0. The van der Waals surface area contributed by atoms with Crippen molar-refractivity contribution in [3.05, 3.63) is 76.9 Å². The maximum atomic E-state index is 12.8. The highest BCUT2D eigenvalue weighted by molar-refractivity contribution is 6.32. The molecule has 0 unspecified atom stereocenters. The van der Waals surface area contributed by atoms with Crippen LogP contribution in [0.3, 0.4) is 0 Å². The number of hydrogen-bond donors (Lipinski definition) is 1. The van der Waals surface area contributed by atoms with E-state index >= 15 is 0 Å². The molecule has 0 aliphatic carbocycles. The summed E-state index contributed by atoms with van der Waals surface area (Å²) < 4.78 is 2.06. The van der Waals surface area contributed by atoms with Gasteiger partial charge >= 0.3 is 0 Å². The van der Waals surface area contributed by atoms with Gasteiger partial charge in [0, 0.05) is 12.2 Å². The van der Waals surface area contributed by atoms with Crippen molar-refractivity contribution in [2.75, 3.05) is 6.54 Å². The van der Waals surface area contributed by atoms with E-state index in [1.165, 1.54) is 0 Å². The van der Waals surface area contributed by atoms with Crippen LogP contribution in [-0.2, 0) is 0 Å². The fourth-order valence-corrected chi connectivity index (χ4v) is 3.39. The van der Waals surface area contributed by atoms with E-state index in [1.807, 2.05) is 67.6 Å². The number of nitrogens with zero attached hydrogens (tertiary/aromatic N) is 1. The number of rotatable bonds is 6. The lowest BCUT2D eigenvalue weighted by Gasteiger charge is -2.14. The predicted molar refractivity (Wildman–Crippen MR) is 113 cm³/mol. The molecular formula is C23H25ClN2O. The third-order valence-electron chi connectivity index (χ3n) is 4.66. The minimum Gasteiger partial charge on any atom is -0.352 e. The molecule has 27 heavy (non-hydrogen) atoms. The Morgan fingerprint density at radius 2 is 1.74 bits per heavy atom. The van der Waals surface area contributed by atoms with E-state index in [2.05, 4.69) is 23.7 Å². The van der Waals surface area contributed by atoms with Gasteiger partial charge in [0.15, 0.2) is 0 Å². The lowest BCUT2D eigenvalue weighted by atomic mass is 10.1. The third kappa shape index (κ3) is 4.25. The van der Waals surface area contributed by atoms with Gasteiger partial charge in [0.05, 0.1) is 22.0 Å². The van der Waals surface area contributed by atoms with Crippen LogP contribution in [0.2, 0.25) is 5.02 Å². The molecule has 0 saturated carbocycles. The molecule has 1 N–H and O–H groups in total. The van der Waals surface area contributed by atoms with E-state index in [0.29, 0.717) is 23.0 Å². The highest BCUT2D eigenvalue weighted by atomic mass is 35.5. The van der Waals surface area contributed by atoms with Crippen LogP contribution in [0.5, 0.6) is 0 Å². The molecule has 0 fully saturated rings. The van der Waals surface area contributed by atoms with Crippen LogP contribution in [0, 0.1) is 12.8 Å². The molecule has 1 heterocycles. The molecule has 3 nitrogen and oxygen atoms in total. The number of aromatic nitrogens is 1. The van der Waals surface area contributed by atoms with Crippen LogP contribution in [0.15, 0.2) is 60.7 Å². The number of para-hydroxylation sites is 1. The molecule has 0 bridgehead atoms. The lowest BCUT2D eigenvalue weighted by molar-refractivity contribution is 0.0951. The van der Waals surface area contributed by atoms with Crippen LogP contribution >= 0.6 is 11.6 Å². The maximum absolute atomic E-state index is 12.8. The minimum absolute atomic E-state index is 0.0452. The van der Waals surface area contributed by atoms with E-state index < -0.39 is 0 Å². The molecule has 1 amide bonds. The summed E-state index contributed by atoms with van der Waals surface area (Å²) in [5.74, 6) is 0.509.